The van der Waals surface area contributed by atoms with Gasteiger partial charge in [-0.15, -0.1) is 0 Å². The van der Waals surface area contributed by atoms with Crippen molar-refractivity contribution in [3.63, 3.8) is 0 Å². The van der Waals surface area contributed by atoms with Crippen LogP contribution >= 0.6 is 12.6 Å². The molecule has 0 bridgehead atoms. The first-order valence-electron chi connectivity index (χ1n) is 4.18. The molecule has 0 aliphatic carbocycles. The van der Waals surface area contributed by atoms with Crippen LogP contribution in [0.1, 0.15) is 12.2 Å². The number of aromatic nitrogens is 2. The first-order valence-corrected chi connectivity index (χ1v) is 4.82. The Morgan fingerprint density at radius 3 is 3.15 bits per heavy atom. The largest absolute Gasteiger partial charge is 0.355 e. The number of thiol groups is 1. The molecule has 0 radical (unpaired) electrons. The van der Waals surface area contributed by atoms with Crippen LogP contribution in [0.2, 0.25) is 0 Å². The molecule has 4 nitrogen and oxygen atoms in total. The molecule has 0 aliphatic rings. The number of nitrogens with zero attached hydrogens (tertiary/aromatic N) is 1. The zero-order valence-corrected chi connectivity index (χ0v) is 8.18. The molecule has 0 saturated carbocycles. The summed E-state index contributed by atoms with van der Waals surface area (Å²) in [6.07, 6.45) is 4.56. The van der Waals surface area contributed by atoms with Gasteiger partial charge in [0.1, 0.15) is 5.82 Å². The Bertz CT molecular complexity index is 248. The summed E-state index contributed by atoms with van der Waals surface area (Å²) < 4.78 is 0. The van der Waals surface area contributed by atoms with Gasteiger partial charge in [0.25, 0.3) is 0 Å². The van der Waals surface area contributed by atoms with E-state index < -0.39 is 0 Å². The maximum Gasteiger partial charge on any atom is 0.220 e. The summed E-state index contributed by atoms with van der Waals surface area (Å²) in [5.41, 5.74) is 0. The number of carbonyl (C=O) groups is 1. The van der Waals surface area contributed by atoms with Crippen LogP contribution in [0.4, 0.5) is 0 Å². The fourth-order valence-electron chi connectivity index (χ4n) is 0.950. The molecule has 0 unspecified atom stereocenters. The molecule has 1 rings (SSSR count). The third-order valence-corrected chi connectivity index (χ3v) is 1.80. The summed E-state index contributed by atoms with van der Waals surface area (Å²) in [7, 11) is 0. The van der Waals surface area contributed by atoms with Crippen LogP contribution in [0.3, 0.4) is 0 Å². The number of hydrogen-bond acceptors (Lipinski definition) is 3. The predicted molar refractivity (Wildman–Crippen MR) is 53.8 cm³/mol. The minimum absolute atomic E-state index is 0.0467. The van der Waals surface area contributed by atoms with Gasteiger partial charge in [-0.05, 0) is 0 Å². The van der Waals surface area contributed by atoms with Crippen molar-refractivity contribution in [1.29, 1.82) is 0 Å². The Morgan fingerprint density at radius 2 is 2.54 bits per heavy atom. The molecule has 2 N–H and O–H groups in total. The number of aromatic amines is 1. The smallest absolute Gasteiger partial charge is 0.220 e. The van der Waals surface area contributed by atoms with Crippen molar-refractivity contribution in [2.24, 2.45) is 0 Å². The van der Waals surface area contributed by atoms with Crippen LogP contribution in [0.5, 0.6) is 0 Å². The van der Waals surface area contributed by atoms with Crippen LogP contribution in [0.25, 0.3) is 0 Å². The van der Waals surface area contributed by atoms with Gasteiger partial charge in [0, 0.05) is 37.5 Å². The van der Waals surface area contributed by atoms with E-state index >= 15 is 0 Å². The fourth-order valence-corrected chi connectivity index (χ4v) is 1.06. The highest BCUT2D eigenvalue weighted by Crippen LogP contribution is 1.94. The average Bonchev–Trinajstić information content (AvgIpc) is 2.64. The number of amides is 1. The van der Waals surface area contributed by atoms with Gasteiger partial charge in [0.2, 0.25) is 5.91 Å². The monoisotopic (exact) mass is 199 g/mol. The summed E-state index contributed by atoms with van der Waals surface area (Å²) in [6, 6.07) is 0. The zero-order valence-electron chi connectivity index (χ0n) is 7.29. The third-order valence-electron chi connectivity index (χ3n) is 1.58. The maximum atomic E-state index is 11.1. The van der Waals surface area contributed by atoms with Crippen molar-refractivity contribution >= 4 is 18.5 Å². The molecule has 0 spiro atoms. The van der Waals surface area contributed by atoms with E-state index in [1.807, 2.05) is 0 Å². The van der Waals surface area contributed by atoms with Crippen molar-refractivity contribution in [1.82, 2.24) is 15.3 Å². The van der Waals surface area contributed by atoms with Gasteiger partial charge in [-0.25, -0.2) is 4.98 Å². The fraction of sp³-hybridized carbons (Fsp3) is 0.500. The molecule has 1 aromatic rings. The molecular formula is C8H13N3OS. The number of nitrogens with one attached hydrogen (secondary N) is 2. The van der Waals surface area contributed by atoms with Crippen molar-refractivity contribution in [3.05, 3.63) is 18.2 Å². The molecule has 0 aliphatic heterocycles. The molecule has 0 aromatic carbocycles. The molecule has 1 aromatic heterocycles. The van der Waals surface area contributed by atoms with Crippen molar-refractivity contribution in [3.8, 4) is 0 Å². The van der Waals surface area contributed by atoms with E-state index in [1.54, 1.807) is 12.4 Å². The summed E-state index contributed by atoms with van der Waals surface area (Å²) in [6.45, 7) is 0.625. The third kappa shape index (κ3) is 3.98. The number of hydrogen-bond donors (Lipinski definition) is 3. The van der Waals surface area contributed by atoms with Gasteiger partial charge in [0.05, 0.1) is 0 Å². The number of imidazole rings is 1. The van der Waals surface area contributed by atoms with Gasteiger partial charge in [0.15, 0.2) is 0 Å². The lowest BCUT2D eigenvalue weighted by Gasteiger charge is -2.00. The molecule has 0 atom stereocenters. The quantitative estimate of drug-likeness (QED) is 0.601. The Labute approximate surface area is 82.6 Å². The molecule has 13 heavy (non-hydrogen) atoms. The highest BCUT2D eigenvalue weighted by Gasteiger charge is 2.01. The second-order valence-electron chi connectivity index (χ2n) is 2.61. The molecule has 1 amide bonds. The minimum Gasteiger partial charge on any atom is -0.355 e. The van der Waals surface area contributed by atoms with E-state index in [4.69, 9.17) is 0 Å². The lowest BCUT2D eigenvalue weighted by Crippen LogP contribution is -2.25. The van der Waals surface area contributed by atoms with E-state index in [1.165, 1.54) is 0 Å². The number of rotatable bonds is 5. The van der Waals surface area contributed by atoms with E-state index in [9.17, 15) is 4.79 Å². The van der Waals surface area contributed by atoms with Crippen LogP contribution in [0, 0.1) is 0 Å². The van der Waals surface area contributed by atoms with E-state index in [0.29, 0.717) is 25.1 Å². The van der Waals surface area contributed by atoms with Crippen molar-refractivity contribution in [2.45, 2.75) is 12.8 Å². The first-order chi connectivity index (χ1) is 6.33. The van der Waals surface area contributed by atoms with Gasteiger partial charge in [-0.1, -0.05) is 0 Å². The summed E-state index contributed by atoms with van der Waals surface area (Å²) >= 11 is 3.99. The summed E-state index contributed by atoms with van der Waals surface area (Å²) in [5, 5.41) is 2.74. The van der Waals surface area contributed by atoms with Crippen LogP contribution in [-0.4, -0.2) is 28.2 Å². The SMILES string of the molecule is O=C(CCc1ncc[nH]1)NCCS. The summed E-state index contributed by atoms with van der Waals surface area (Å²) in [4.78, 5) is 18.1. The highest BCUT2D eigenvalue weighted by molar-refractivity contribution is 7.80. The van der Waals surface area contributed by atoms with Gasteiger partial charge in [-0.3, -0.25) is 4.79 Å². The maximum absolute atomic E-state index is 11.1. The first kappa shape index (κ1) is 10.1. The van der Waals surface area contributed by atoms with E-state index in [-0.39, 0.29) is 5.91 Å². The lowest BCUT2D eigenvalue weighted by molar-refractivity contribution is -0.120. The molecule has 5 heteroatoms. The van der Waals surface area contributed by atoms with E-state index in [2.05, 4.69) is 27.9 Å². The van der Waals surface area contributed by atoms with Crippen LogP contribution in [-0.2, 0) is 11.2 Å². The summed E-state index contributed by atoms with van der Waals surface area (Å²) in [5.74, 6) is 1.57. The number of carbonyl (C=O) groups excluding carboxylic acids is 1. The Balaban J connectivity index is 2.15. The number of H-pyrrole nitrogens is 1. The van der Waals surface area contributed by atoms with E-state index in [0.717, 1.165) is 5.82 Å². The van der Waals surface area contributed by atoms with Crippen LogP contribution < -0.4 is 5.32 Å². The Kier molecular flexibility index (Phi) is 4.39. The van der Waals surface area contributed by atoms with Gasteiger partial charge >= 0.3 is 0 Å². The molecule has 1 heterocycles. The molecule has 72 valence electrons. The second-order valence-corrected chi connectivity index (χ2v) is 3.06. The second kappa shape index (κ2) is 5.64. The normalized spacial score (nSPS) is 9.92. The Hall–Kier alpha value is -0.970. The Morgan fingerprint density at radius 1 is 1.69 bits per heavy atom. The molecular weight excluding hydrogens is 186 g/mol. The molecule has 0 saturated heterocycles. The lowest BCUT2D eigenvalue weighted by atomic mass is 10.3. The standard InChI is InChI=1S/C8H13N3OS/c12-8(11-5-6-13)2-1-7-9-3-4-10-7/h3-4,13H,1-2,5-6H2,(H,9,10)(H,11,12). The molecule has 0 fully saturated rings. The van der Waals surface area contributed by atoms with Crippen LogP contribution in [0.15, 0.2) is 12.4 Å². The minimum atomic E-state index is 0.0467. The number of aryl methyl sites for hydroxylation is 1. The van der Waals surface area contributed by atoms with Crippen molar-refractivity contribution < 1.29 is 4.79 Å². The van der Waals surface area contributed by atoms with Gasteiger partial charge in [-0.2, -0.15) is 12.6 Å². The van der Waals surface area contributed by atoms with Crippen molar-refractivity contribution in [2.75, 3.05) is 12.3 Å². The highest BCUT2D eigenvalue weighted by atomic mass is 32.1. The average molecular weight is 199 g/mol. The topological polar surface area (TPSA) is 57.8 Å². The van der Waals surface area contributed by atoms with Gasteiger partial charge < -0.3 is 10.3 Å². The predicted octanol–water partition coefficient (Wildman–Crippen LogP) is 0.388. The zero-order chi connectivity index (χ0) is 9.52.